The van der Waals surface area contributed by atoms with Crippen LogP contribution in [0.2, 0.25) is 16.6 Å². The quantitative estimate of drug-likeness (QED) is 0.171. The molecule has 1 unspecified atom stereocenters. The number of carbonyl (C=O) groups excluding carboxylic acids is 2. The number of aromatic nitrogens is 1. The third-order valence-electron chi connectivity index (χ3n) is 9.40. The molecule has 4 aromatic rings. The Kier molecular flexibility index (Phi) is 9.23. The van der Waals surface area contributed by atoms with Crippen molar-refractivity contribution in [3.8, 4) is 0 Å². The maximum atomic E-state index is 14.3. The summed E-state index contributed by atoms with van der Waals surface area (Å²) in [6, 6.07) is 24.2. The van der Waals surface area contributed by atoms with Crippen LogP contribution in [0.4, 0.5) is 4.79 Å². The van der Waals surface area contributed by atoms with Gasteiger partial charge >= 0.3 is 6.09 Å². The largest absolute Gasteiger partial charge is 0.444 e. The van der Waals surface area contributed by atoms with Crippen molar-refractivity contribution in [2.75, 3.05) is 0 Å². The van der Waals surface area contributed by atoms with Gasteiger partial charge in [0.15, 0.2) is 5.78 Å². The second kappa shape index (κ2) is 12.8. The molecule has 0 saturated heterocycles. The molecule has 45 heavy (non-hydrogen) atoms. The summed E-state index contributed by atoms with van der Waals surface area (Å²) in [6.07, 6.45) is 2.79. The van der Waals surface area contributed by atoms with E-state index in [1.165, 1.54) is 3.97 Å². The molecule has 1 amide bonds. The van der Waals surface area contributed by atoms with Gasteiger partial charge in [-0.2, -0.15) is 0 Å². The minimum atomic E-state index is -3.96. The topological polar surface area (TPSA) is 85.7 Å². The maximum absolute atomic E-state index is 14.3. The number of Topliss-reactive ketones (excluding diaryl/α,β-unsaturated/α-hetero) is 1. The van der Waals surface area contributed by atoms with Crippen LogP contribution in [0, 0.1) is 0 Å². The Labute approximate surface area is 267 Å². The van der Waals surface area contributed by atoms with Crippen molar-refractivity contribution in [2.45, 2.75) is 82.1 Å². The summed E-state index contributed by atoms with van der Waals surface area (Å²) < 4.78 is 34.9. The molecule has 0 fully saturated rings. The van der Waals surface area contributed by atoms with Gasteiger partial charge in [0.1, 0.15) is 14.7 Å². The Hall–Kier alpha value is -3.95. The molecular formula is C36H42N2O5SSi. The Balaban J connectivity index is 1.68. The molecule has 1 aliphatic heterocycles. The van der Waals surface area contributed by atoms with Gasteiger partial charge in [0.25, 0.3) is 10.0 Å². The van der Waals surface area contributed by atoms with Crippen LogP contribution in [-0.2, 0) is 26.2 Å². The summed E-state index contributed by atoms with van der Waals surface area (Å²) in [5.41, 5.74) is 2.67. The molecule has 9 heteroatoms. The van der Waals surface area contributed by atoms with Crippen LogP contribution in [0.3, 0.4) is 0 Å². The fourth-order valence-electron chi connectivity index (χ4n) is 7.55. The second-order valence-electron chi connectivity index (χ2n) is 12.7. The summed E-state index contributed by atoms with van der Waals surface area (Å²) in [5.74, 6) is 0.0117. The van der Waals surface area contributed by atoms with Crippen molar-refractivity contribution in [2.24, 2.45) is 0 Å². The summed E-state index contributed by atoms with van der Waals surface area (Å²) >= 11 is 0. The number of hydrogen-bond acceptors (Lipinski definition) is 5. The highest BCUT2D eigenvalue weighted by Crippen LogP contribution is 2.50. The molecule has 0 radical (unpaired) electrons. The van der Waals surface area contributed by atoms with E-state index in [0.29, 0.717) is 16.5 Å². The van der Waals surface area contributed by atoms with E-state index in [2.05, 4.69) is 41.5 Å². The zero-order chi connectivity index (χ0) is 32.5. The average Bonchev–Trinajstić information content (AvgIpc) is 3.42. The van der Waals surface area contributed by atoms with Crippen LogP contribution >= 0.6 is 0 Å². The van der Waals surface area contributed by atoms with Crippen LogP contribution in [0.15, 0.2) is 107 Å². The summed E-state index contributed by atoms with van der Waals surface area (Å²) in [7, 11) is -6.42. The van der Waals surface area contributed by atoms with E-state index in [0.717, 1.165) is 10.8 Å². The molecule has 236 valence electrons. The van der Waals surface area contributed by atoms with Crippen LogP contribution < -0.4 is 0 Å². The molecule has 2 heterocycles. The third-order valence-corrected chi connectivity index (χ3v) is 18.2. The van der Waals surface area contributed by atoms with Gasteiger partial charge in [-0.05, 0) is 45.6 Å². The number of nitrogens with zero attached hydrogens (tertiary/aromatic N) is 2. The Morgan fingerprint density at radius 1 is 0.844 bits per heavy atom. The van der Waals surface area contributed by atoms with E-state index in [4.69, 9.17) is 4.74 Å². The van der Waals surface area contributed by atoms with Crippen LogP contribution in [0.5, 0.6) is 0 Å². The predicted octanol–water partition coefficient (Wildman–Crippen LogP) is 8.63. The first kappa shape index (κ1) is 32.4. The Morgan fingerprint density at radius 2 is 1.40 bits per heavy atom. The lowest BCUT2D eigenvalue weighted by molar-refractivity contribution is -0.116. The van der Waals surface area contributed by atoms with Crippen molar-refractivity contribution >= 4 is 40.9 Å². The SMILES string of the molecule is CC(C)[Si](C1=CN(C(=O)OCc2ccccc2)C(c2cn(S(=O)(=O)c3ccccc3)c3ccccc23)CC1=O)(C(C)C)C(C)C. The number of ether oxygens (including phenoxy) is 1. The van der Waals surface area contributed by atoms with E-state index < -0.39 is 30.2 Å². The number of ketones is 1. The summed E-state index contributed by atoms with van der Waals surface area (Å²) in [5, 5.41) is 1.41. The molecule has 0 N–H and O–H groups in total. The Bertz CT molecular complexity index is 1810. The Morgan fingerprint density at radius 3 is 2.00 bits per heavy atom. The van der Waals surface area contributed by atoms with Crippen molar-refractivity contribution < 1.29 is 22.7 Å². The van der Waals surface area contributed by atoms with Gasteiger partial charge in [0.2, 0.25) is 0 Å². The molecule has 0 saturated carbocycles. The first-order valence-electron chi connectivity index (χ1n) is 15.6. The number of rotatable bonds is 9. The monoisotopic (exact) mass is 642 g/mol. The number of hydrogen-bond donors (Lipinski definition) is 0. The van der Waals surface area contributed by atoms with Gasteiger partial charge < -0.3 is 4.74 Å². The minimum absolute atomic E-state index is 0.0117. The first-order valence-corrected chi connectivity index (χ1v) is 19.2. The lowest BCUT2D eigenvalue weighted by Gasteiger charge is -2.47. The highest BCUT2D eigenvalue weighted by Gasteiger charge is 2.51. The maximum Gasteiger partial charge on any atom is 0.414 e. The van der Waals surface area contributed by atoms with Crippen molar-refractivity contribution in [1.82, 2.24) is 8.87 Å². The lowest BCUT2D eigenvalue weighted by atomic mass is 9.97. The lowest BCUT2D eigenvalue weighted by Crippen LogP contribution is -2.52. The zero-order valence-electron chi connectivity index (χ0n) is 26.8. The van der Waals surface area contributed by atoms with E-state index in [1.54, 1.807) is 59.8 Å². The zero-order valence-corrected chi connectivity index (χ0v) is 28.6. The van der Waals surface area contributed by atoms with Gasteiger partial charge in [0, 0.05) is 29.8 Å². The number of para-hydroxylation sites is 1. The predicted molar refractivity (Wildman–Crippen MR) is 181 cm³/mol. The summed E-state index contributed by atoms with van der Waals surface area (Å²) in [6.45, 7) is 13.2. The number of benzene rings is 3. The molecule has 1 aromatic heterocycles. The highest BCUT2D eigenvalue weighted by atomic mass is 32.2. The number of carbonyl (C=O) groups is 2. The molecule has 5 rings (SSSR count). The van der Waals surface area contributed by atoms with Crippen molar-refractivity contribution in [3.05, 3.63) is 114 Å². The minimum Gasteiger partial charge on any atom is -0.444 e. The second-order valence-corrected chi connectivity index (χ2v) is 20.4. The molecule has 1 aliphatic rings. The highest BCUT2D eigenvalue weighted by molar-refractivity contribution is 7.90. The van der Waals surface area contributed by atoms with E-state index in [-0.39, 0.29) is 40.3 Å². The van der Waals surface area contributed by atoms with Gasteiger partial charge in [-0.3, -0.25) is 9.69 Å². The smallest absolute Gasteiger partial charge is 0.414 e. The van der Waals surface area contributed by atoms with E-state index >= 15 is 0 Å². The van der Waals surface area contributed by atoms with Crippen molar-refractivity contribution in [3.63, 3.8) is 0 Å². The molecule has 0 spiro atoms. The number of amides is 1. The number of fused-ring (bicyclic) bond motifs is 1. The van der Waals surface area contributed by atoms with Crippen LogP contribution in [-0.4, -0.2) is 37.2 Å². The standard InChI is InChI=1S/C36H42N2O5SSi/c1-25(2)45(26(3)4,27(5)6)35-23-37(36(40)43-24-28-15-9-7-10-16-28)33(21-34(35)39)31-22-38(32-20-14-13-19-30(31)32)44(41,42)29-17-11-8-12-18-29/h7-20,22-23,25-27,33H,21,24H2,1-6H3. The molecule has 1 atom stereocenters. The van der Waals surface area contributed by atoms with E-state index in [9.17, 15) is 18.0 Å². The number of allylic oxidation sites excluding steroid dienone is 1. The van der Waals surface area contributed by atoms with Gasteiger partial charge in [-0.15, -0.1) is 0 Å². The fraction of sp³-hybridized carbons (Fsp3) is 0.333. The summed E-state index contributed by atoms with van der Waals surface area (Å²) in [4.78, 5) is 30.1. The van der Waals surface area contributed by atoms with Gasteiger partial charge in [0.05, 0.1) is 16.5 Å². The van der Waals surface area contributed by atoms with Crippen LogP contribution in [0.1, 0.15) is 65.1 Å². The molecule has 7 nitrogen and oxygen atoms in total. The van der Waals surface area contributed by atoms with Gasteiger partial charge in [-0.1, -0.05) is 108 Å². The average molecular weight is 643 g/mol. The third kappa shape index (κ3) is 5.79. The van der Waals surface area contributed by atoms with E-state index in [1.807, 2.05) is 42.5 Å². The van der Waals surface area contributed by atoms with Gasteiger partial charge in [-0.25, -0.2) is 17.2 Å². The first-order chi connectivity index (χ1) is 21.4. The molecule has 3 aromatic carbocycles. The molecule has 0 aliphatic carbocycles. The molecular weight excluding hydrogens is 601 g/mol. The fourth-order valence-corrected chi connectivity index (χ4v) is 15.8. The normalized spacial score (nSPS) is 16.1. The van der Waals surface area contributed by atoms with Crippen LogP contribution in [0.25, 0.3) is 10.9 Å². The van der Waals surface area contributed by atoms with Crippen molar-refractivity contribution in [1.29, 1.82) is 0 Å². The molecule has 0 bridgehead atoms.